The number of methoxy groups -OCH3 is 3. The summed E-state index contributed by atoms with van der Waals surface area (Å²) < 4.78 is 16.0. The third-order valence-electron chi connectivity index (χ3n) is 3.23. The molecular weight excluding hydrogens is 254 g/mol. The van der Waals surface area contributed by atoms with Crippen molar-refractivity contribution in [3.63, 3.8) is 0 Å². The topological polar surface area (TPSA) is 53.7 Å². The average molecular weight is 273 g/mol. The monoisotopic (exact) mass is 273 g/mol. The molecule has 0 aliphatic heterocycles. The van der Waals surface area contributed by atoms with E-state index in [0.717, 1.165) is 16.9 Å². The first kappa shape index (κ1) is 14.2. The lowest BCUT2D eigenvalue weighted by Crippen LogP contribution is -2.14. The third kappa shape index (κ3) is 2.70. The van der Waals surface area contributed by atoms with Crippen LogP contribution in [0.5, 0.6) is 17.2 Å². The zero-order valence-electron chi connectivity index (χ0n) is 11.9. The lowest BCUT2D eigenvalue weighted by atomic mass is 9.97. The van der Waals surface area contributed by atoms with Crippen molar-refractivity contribution in [3.8, 4) is 17.2 Å². The van der Waals surface area contributed by atoms with Gasteiger partial charge in [-0.3, -0.25) is 0 Å². The van der Waals surface area contributed by atoms with Gasteiger partial charge >= 0.3 is 0 Å². The zero-order chi connectivity index (χ0) is 14.5. The Balaban J connectivity index is 2.49. The van der Waals surface area contributed by atoms with E-state index in [9.17, 15) is 0 Å². The van der Waals surface area contributed by atoms with Gasteiger partial charge in [-0.05, 0) is 29.8 Å². The summed E-state index contributed by atoms with van der Waals surface area (Å²) in [5.41, 5.74) is 8.14. The Hall–Kier alpha value is -2.20. The molecule has 2 rings (SSSR count). The molecule has 0 heterocycles. The third-order valence-corrected chi connectivity index (χ3v) is 3.23. The van der Waals surface area contributed by atoms with Crippen LogP contribution in [-0.4, -0.2) is 21.3 Å². The number of benzene rings is 2. The molecule has 0 aromatic heterocycles. The average Bonchev–Trinajstić information content (AvgIpc) is 2.53. The van der Waals surface area contributed by atoms with Crippen LogP contribution in [0.15, 0.2) is 42.5 Å². The van der Waals surface area contributed by atoms with Gasteiger partial charge in [0.2, 0.25) is 0 Å². The molecule has 1 atom stereocenters. The van der Waals surface area contributed by atoms with E-state index in [-0.39, 0.29) is 6.04 Å². The van der Waals surface area contributed by atoms with Crippen LogP contribution in [0.3, 0.4) is 0 Å². The van der Waals surface area contributed by atoms with Gasteiger partial charge in [-0.15, -0.1) is 0 Å². The van der Waals surface area contributed by atoms with Crippen LogP contribution >= 0.6 is 0 Å². The molecule has 0 radical (unpaired) electrons. The molecule has 0 aliphatic rings. The molecule has 4 heteroatoms. The van der Waals surface area contributed by atoms with E-state index >= 15 is 0 Å². The molecule has 20 heavy (non-hydrogen) atoms. The molecule has 0 amide bonds. The summed E-state index contributed by atoms with van der Waals surface area (Å²) in [5, 5.41) is 0. The molecule has 0 aliphatic carbocycles. The van der Waals surface area contributed by atoms with Crippen LogP contribution in [0.25, 0.3) is 0 Å². The van der Waals surface area contributed by atoms with E-state index in [1.807, 2.05) is 42.5 Å². The molecule has 0 bridgehead atoms. The van der Waals surface area contributed by atoms with E-state index in [0.29, 0.717) is 11.5 Å². The number of hydrogen-bond acceptors (Lipinski definition) is 4. The summed E-state index contributed by atoms with van der Waals surface area (Å²) >= 11 is 0. The molecule has 2 aromatic rings. The Morgan fingerprint density at radius 1 is 0.850 bits per heavy atom. The first-order chi connectivity index (χ1) is 9.71. The van der Waals surface area contributed by atoms with Gasteiger partial charge in [0.25, 0.3) is 0 Å². The highest BCUT2D eigenvalue weighted by atomic mass is 16.5. The normalized spacial score (nSPS) is 11.8. The predicted octanol–water partition coefficient (Wildman–Crippen LogP) is 2.76. The maximum absolute atomic E-state index is 6.38. The van der Waals surface area contributed by atoms with E-state index < -0.39 is 0 Å². The van der Waals surface area contributed by atoms with E-state index in [1.54, 1.807) is 21.3 Å². The first-order valence-corrected chi connectivity index (χ1v) is 6.31. The van der Waals surface area contributed by atoms with Gasteiger partial charge in [-0.2, -0.15) is 0 Å². The van der Waals surface area contributed by atoms with Gasteiger partial charge in [0, 0.05) is 0 Å². The van der Waals surface area contributed by atoms with Crippen molar-refractivity contribution in [2.45, 2.75) is 6.04 Å². The Kier molecular flexibility index (Phi) is 4.48. The van der Waals surface area contributed by atoms with Crippen molar-refractivity contribution in [2.24, 2.45) is 5.73 Å². The SMILES string of the molecule is COc1cccc(C(N)c2c(OC)cccc2OC)c1. The quantitative estimate of drug-likeness (QED) is 0.910. The summed E-state index contributed by atoms with van der Waals surface area (Å²) in [7, 11) is 4.88. The number of rotatable bonds is 5. The van der Waals surface area contributed by atoms with Crippen molar-refractivity contribution in [1.29, 1.82) is 0 Å². The fraction of sp³-hybridized carbons (Fsp3) is 0.250. The van der Waals surface area contributed by atoms with Crippen LogP contribution in [-0.2, 0) is 0 Å². The van der Waals surface area contributed by atoms with Gasteiger partial charge in [0.05, 0.1) is 32.9 Å². The van der Waals surface area contributed by atoms with Crippen LogP contribution < -0.4 is 19.9 Å². The molecule has 2 aromatic carbocycles. The van der Waals surface area contributed by atoms with Crippen LogP contribution in [0.4, 0.5) is 0 Å². The van der Waals surface area contributed by atoms with Crippen molar-refractivity contribution in [3.05, 3.63) is 53.6 Å². The summed E-state index contributed by atoms with van der Waals surface area (Å²) in [4.78, 5) is 0. The van der Waals surface area contributed by atoms with Crippen molar-refractivity contribution in [2.75, 3.05) is 21.3 Å². The molecule has 1 unspecified atom stereocenters. The standard InChI is InChI=1S/C16H19NO3/c1-18-12-7-4-6-11(10-12)16(17)15-13(19-2)8-5-9-14(15)20-3/h4-10,16H,17H2,1-3H3. The second-order valence-electron chi connectivity index (χ2n) is 4.33. The van der Waals surface area contributed by atoms with E-state index in [4.69, 9.17) is 19.9 Å². The first-order valence-electron chi connectivity index (χ1n) is 6.31. The molecule has 0 fully saturated rings. The van der Waals surface area contributed by atoms with Crippen LogP contribution in [0, 0.1) is 0 Å². The Morgan fingerprint density at radius 2 is 1.45 bits per heavy atom. The highest BCUT2D eigenvalue weighted by Crippen LogP contribution is 2.36. The van der Waals surface area contributed by atoms with Gasteiger partial charge < -0.3 is 19.9 Å². The maximum atomic E-state index is 6.38. The Bertz CT molecular complexity index is 561. The number of ether oxygens (including phenoxy) is 3. The zero-order valence-corrected chi connectivity index (χ0v) is 11.9. The van der Waals surface area contributed by atoms with E-state index in [2.05, 4.69) is 0 Å². The molecule has 4 nitrogen and oxygen atoms in total. The molecule has 0 saturated heterocycles. The van der Waals surface area contributed by atoms with Gasteiger partial charge in [0.1, 0.15) is 17.2 Å². The lowest BCUT2D eigenvalue weighted by molar-refractivity contribution is 0.382. The Labute approximate surface area is 119 Å². The molecule has 106 valence electrons. The highest BCUT2D eigenvalue weighted by Gasteiger charge is 2.19. The van der Waals surface area contributed by atoms with Gasteiger partial charge in [-0.1, -0.05) is 18.2 Å². The van der Waals surface area contributed by atoms with Crippen molar-refractivity contribution in [1.82, 2.24) is 0 Å². The molecule has 2 N–H and O–H groups in total. The predicted molar refractivity (Wildman–Crippen MR) is 78.6 cm³/mol. The lowest BCUT2D eigenvalue weighted by Gasteiger charge is -2.19. The summed E-state index contributed by atoms with van der Waals surface area (Å²) in [6.07, 6.45) is 0. The minimum atomic E-state index is -0.351. The summed E-state index contributed by atoms with van der Waals surface area (Å²) in [6, 6.07) is 12.9. The van der Waals surface area contributed by atoms with Crippen LogP contribution in [0.1, 0.15) is 17.2 Å². The van der Waals surface area contributed by atoms with Crippen molar-refractivity contribution < 1.29 is 14.2 Å². The number of nitrogens with two attached hydrogens (primary N) is 1. The Morgan fingerprint density at radius 3 is 2.00 bits per heavy atom. The smallest absolute Gasteiger partial charge is 0.127 e. The second-order valence-corrected chi connectivity index (χ2v) is 4.33. The fourth-order valence-corrected chi connectivity index (χ4v) is 2.19. The second kappa shape index (κ2) is 6.30. The maximum Gasteiger partial charge on any atom is 0.127 e. The van der Waals surface area contributed by atoms with Gasteiger partial charge in [-0.25, -0.2) is 0 Å². The minimum Gasteiger partial charge on any atom is -0.497 e. The van der Waals surface area contributed by atoms with Gasteiger partial charge in [0.15, 0.2) is 0 Å². The van der Waals surface area contributed by atoms with Crippen molar-refractivity contribution >= 4 is 0 Å². The highest BCUT2D eigenvalue weighted by molar-refractivity contribution is 5.51. The summed E-state index contributed by atoms with van der Waals surface area (Å²) in [6.45, 7) is 0. The fourth-order valence-electron chi connectivity index (χ4n) is 2.19. The number of hydrogen-bond donors (Lipinski definition) is 1. The summed E-state index contributed by atoms with van der Waals surface area (Å²) in [5.74, 6) is 2.19. The van der Waals surface area contributed by atoms with Crippen LogP contribution in [0.2, 0.25) is 0 Å². The molecule has 0 spiro atoms. The van der Waals surface area contributed by atoms with E-state index in [1.165, 1.54) is 0 Å². The molecular formula is C16H19NO3. The largest absolute Gasteiger partial charge is 0.497 e. The minimum absolute atomic E-state index is 0.351. The molecule has 0 saturated carbocycles.